The number of nitrogens with zero attached hydrogens (tertiary/aromatic N) is 3. The molecular weight excluding hydrogens is 616 g/mol. The van der Waals surface area contributed by atoms with Crippen LogP contribution in [0.1, 0.15) is 50.1 Å². The molecule has 0 bridgehead atoms. The molecule has 5 aromatic rings. The minimum absolute atomic E-state index is 0.0460. The van der Waals surface area contributed by atoms with Crippen molar-refractivity contribution in [2.24, 2.45) is 0 Å². The number of amides is 2. The number of ether oxygens (including phenoxy) is 2. The lowest BCUT2D eigenvalue weighted by Gasteiger charge is -2.37. The van der Waals surface area contributed by atoms with E-state index < -0.39 is 41.2 Å². The largest absolute Gasteiger partial charge is 0.467 e. The summed E-state index contributed by atoms with van der Waals surface area (Å²) in [7, 11) is 1.27. The average Bonchev–Trinajstić information content (AvgIpc) is 3.57. The van der Waals surface area contributed by atoms with Gasteiger partial charge in [0.1, 0.15) is 23.2 Å². The van der Waals surface area contributed by atoms with Gasteiger partial charge in [-0.1, -0.05) is 109 Å². The molecule has 1 heterocycles. The van der Waals surface area contributed by atoms with Crippen molar-refractivity contribution in [1.82, 2.24) is 14.9 Å². The van der Waals surface area contributed by atoms with E-state index in [4.69, 9.17) is 14.5 Å². The van der Waals surface area contributed by atoms with Crippen molar-refractivity contribution in [3.8, 4) is 0 Å². The van der Waals surface area contributed by atoms with Crippen LogP contribution >= 0.6 is 0 Å². The molecule has 252 valence electrons. The second-order valence-corrected chi connectivity index (χ2v) is 12.7. The van der Waals surface area contributed by atoms with Crippen LogP contribution in [0.25, 0.3) is 0 Å². The Kier molecular flexibility index (Phi) is 10.6. The Morgan fingerprint density at radius 2 is 1.24 bits per heavy atom. The van der Waals surface area contributed by atoms with Gasteiger partial charge in [0.05, 0.1) is 19.1 Å². The Balaban J connectivity index is 1.49. The molecule has 9 nitrogen and oxygen atoms in total. The standard InChI is InChI=1S/C40H42N4O5/c1-29(44(34-24-16-9-17-25-34)38(47)49-39(2,3)4)36(45)42-35(37(46)48-5)26-33-27-43(28-41-33)40(30-18-10-6-11-19-30,31-20-12-7-13-21-31)32-22-14-8-15-23-32/h6-25,27-29,35H,26H2,1-5H3,(H,42,45)/t29-,35-/m0/s1. The van der Waals surface area contributed by atoms with E-state index in [0.717, 1.165) is 16.7 Å². The van der Waals surface area contributed by atoms with E-state index in [1.54, 1.807) is 58.3 Å². The fraction of sp³-hybridized carbons (Fsp3) is 0.250. The van der Waals surface area contributed by atoms with Crippen LogP contribution in [0.3, 0.4) is 0 Å². The summed E-state index contributed by atoms with van der Waals surface area (Å²) in [6.45, 7) is 6.86. The van der Waals surface area contributed by atoms with Crippen molar-refractivity contribution < 1.29 is 23.9 Å². The molecule has 0 aliphatic heterocycles. The van der Waals surface area contributed by atoms with Gasteiger partial charge in [0.2, 0.25) is 5.91 Å². The summed E-state index contributed by atoms with van der Waals surface area (Å²) in [5.74, 6) is -1.20. The number of nitrogens with one attached hydrogen (secondary N) is 1. The molecule has 0 spiro atoms. The highest BCUT2D eigenvalue weighted by atomic mass is 16.6. The van der Waals surface area contributed by atoms with Crippen molar-refractivity contribution in [1.29, 1.82) is 0 Å². The van der Waals surface area contributed by atoms with Gasteiger partial charge < -0.3 is 19.4 Å². The van der Waals surface area contributed by atoms with Crippen LogP contribution < -0.4 is 10.2 Å². The number of methoxy groups -OCH3 is 1. The van der Waals surface area contributed by atoms with Crippen LogP contribution in [-0.4, -0.2) is 52.3 Å². The van der Waals surface area contributed by atoms with Gasteiger partial charge in [-0.15, -0.1) is 0 Å². The number of hydrogen-bond donors (Lipinski definition) is 1. The number of esters is 1. The second-order valence-electron chi connectivity index (χ2n) is 12.7. The zero-order valence-electron chi connectivity index (χ0n) is 28.4. The number of imidazole rings is 1. The van der Waals surface area contributed by atoms with Crippen molar-refractivity contribution in [3.63, 3.8) is 0 Å². The normalized spacial score (nSPS) is 12.8. The number of benzene rings is 4. The Morgan fingerprint density at radius 3 is 1.69 bits per heavy atom. The number of rotatable bonds is 11. The molecule has 0 radical (unpaired) electrons. The predicted molar refractivity (Wildman–Crippen MR) is 189 cm³/mol. The lowest BCUT2D eigenvalue weighted by Crippen LogP contribution is -2.54. The third-order valence-corrected chi connectivity index (χ3v) is 8.20. The number of carbonyl (C=O) groups is 3. The molecule has 0 saturated carbocycles. The quantitative estimate of drug-likeness (QED) is 0.124. The molecule has 9 heteroatoms. The highest BCUT2D eigenvalue weighted by Gasteiger charge is 2.39. The molecule has 0 unspecified atom stereocenters. The maximum Gasteiger partial charge on any atom is 0.415 e. The van der Waals surface area contributed by atoms with E-state index in [-0.39, 0.29) is 6.42 Å². The van der Waals surface area contributed by atoms with Gasteiger partial charge in [0.25, 0.3) is 0 Å². The van der Waals surface area contributed by atoms with Gasteiger partial charge in [-0.2, -0.15) is 0 Å². The van der Waals surface area contributed by atoms with Gasteiger partial charge in [0.15, 0.2) is 0 Å². The van der Waals surface area contributed by atoms with Crippen LogP contribution in [0.5, 0.6) is 0 Å². The van der Waals surface area contributed by atoms with Crippen molar-refractivity contribution in [3.05, 3.63) is 156 Å². The van der Waals surface area contributed by atoms with E-state index in [1.807, 2.05) is 71.4 Å². The summed E-state index contributed by atoms with van der Waals surface area (Å²) >= 11 is 0. The SMILES string of the molecule is COC(=O)[C@H](Cc1cn(C(c2ccccc2)(c2ccccc2)c2ccccc2)cn1)NC(=O)[C@H](C)N(C(=O)OC(C)(C)C)c1ccccc1. The van der Waals surface area contributed by atoms with Gasteiger partial charge >= 0.3 is 12.1 Å². The molecular formula is C40H42N4O5. The van der Waals surface area contributed by atoms with E-state index in [9.17, 15) is 14.4 Å². The molecule has 1 aromatic heterocycles. The number of carbonyl (C=O) groups excluding carboxylic acids is 3. The van der Waals surface area contributed by atoms with Crippen LogP contribution in [0, 0.1) is 0 Å². The van der Waals surface area contributed by atoms with E-state index in [1.165, 1.54) is 12.0 Å². The van der Waals surface area contributed by atoms with Gasteiger partial charge in [-0.05, 0) is 56.5 Å². The first-order valence-corrected chi connectivity index (χ1v) is 16.2. The fourth-order valence-electron chi connectivity index (χ4n) is 5.98. The fourth-order valence-corrected chi connectivity index (χ4v) is 5.98. The molecule has 0 fully saturated rings. The molecule has 49 heavy (non-hydrogen) atoms. The Bertz CT molecular complexity index is 1740. The smallest absolute Gasteiger partial charge is 0.415 e. The summed E-state index contributed by atoms with van der Waals surface area (Å²) in [6, 6.07) is 37.2. The molecule has 0 saturated heterocycles. The molecule has 0 aliphatic rings. The first-order valence-electron chi connectivity index (χ1n) is 16.2. The zero-order chi connectivity index (χ0) is 35.0. The lowest BCUT2D eigenvalue weighted by molar-refractivity contribution is -0.145. The first kappa shape index (κ1) is 34.6. The summed E-state index contributed by atoms with van der Waals surface area (Å²) < 4.78 is 12.8. The summed E-state index contributed by atoms with van der Waals surface area (Å²) in [5, 5.41) is 2.81. The van der Waals surface area contributed by atoms with Crippen molar-refractivity contribution >= 4 is 23.7 Å². The topological polar surface area (TPSA) is 103 Å². The number of hydrogen-bond acceptors (Lipinski definition) is 6. The van der Waals surface area contributed by atoms with Gasteiger partial charge in [-0.3, -0.25) is 9.69 Å². The first-order chi connectivity index (χ1) is 23.5. The van der Waals surface area contributed by atoms with E-state index in [2.05, 4.69) is 41.7 Å². The molecule has 2 atom stereocenters. The predicted octanol–water partition coefficient (Wildman–Crippen LogP) is 6.75. The monoisotopic (exact) mass is 658 g/mol. The average molecular weight is 659 g/mol. The number of aromatic nitrogens is 2. The maximum absolute atomic E-state index is 13.8. The van der Waals surface area contributed by atoms with Gasteiger partial charge in [0, 0.05) is 18.3 Å². The maximum atomic E-state index is 13.8. The molecule has 0 aliphatic carbocycles. The van der Waals surface area contributed by atoms with Crippen LogP contribution in [0.15, 0.2) is 134 Å². The Hall–Kier alpha value is -5.70. The lowest BCUT2D eigenvalue weighted by atomic mass is 9.77. The number of para-hydroxylation sites is 1. The van der Waals surface area contributed by atoms with Crippen molar-refractivity contribution in [2.45, 2.75) is 57.3 Å². The van der Waals surface area contributed by atoms with Crippen LogP contribution in [0.2, 0.25) is 0 Å². The Labute approximate surface area is 287 Å². The third-order valence-electron chi connectivity index (χ3n) is 8.20. The summed E-state index contributed by atoms with van der Waals surface area (Å²) in [5.41, 5.74) is 2.51. The van der Waals surface area contributed by atoms with Crippen molar-refractivity contribution in [2.75, 3.05) is 12.0 Å². The highest BCUT2D eigenvalue weighted by molar-refractivity contribution is 5.98. The summed E-state index contributed by atoms with van der Waals surface area (Å²) in [6.07, 6.45) is 3.01. The van der Waals surface area contributed by atoms with Gasteiger partial charge in [-0.25, -0.2) is 14.6 Å². The molecule has 2 amide bonds. The molecule has 1 N–H and O–H groups in total. The highest BCUT2D eigenvalue weighted by Crippen LogP contribution is 2.40. The Morgan fingerprint density at radius 1 is 0.776 bits per heavy atom. The van der Waals surface area contributed by atoms with E-state index in [0.29, 0.717) is 11.4 Å². The third kappa shape index (κ3) is 7.73. The van der Waals surface area contributed by atoms with E-state index >= 15 is 0 Å². The zero-order valence-corrected chi connectivity index (χ0v) is 28.4. The summed E-state index contributed by atoms with van der Waals surface area (Å²) in [4.78, 5) is 46.3. The van der Waals surface area contributed by atoms with Crippen LogP contribution in [0.4, 0.5) is 10.5 Å². The minimum atomic E-state index is -1.08. The number of anilines is 1. The molecule has 4 aromatic carbocycles. The minimum Gasteiger partial charge on any atom is -0.467 e. The second kappa shape index (κ2) is 15.0. The van der Waals surface area contributed by atoms with Crippen LogP contribution in [-0.2, 0) is 31.0 Å². The molecule has 5 rings (SSSR count).